The summed E-state index contributed by atoms with van der Waals surface area (Å²) in [6, 6.07) is 14.5. The third-order valence-corrected chi connectivity index (χ3v) is 5.46. The van der Waals surface area contributed by atoms with Crippen LogP contribution in [-0.4, -0.2) is 36.7 Å². The molecule has 4 rings (SSSR count). The number of methoxy groups -OCH3 is 2. The minimum absolute atomic E-state index is 0.146. The summed E-state index contributed by atoms with van der Waals surface area (Å²) in [5, 5.41) is 10.6. The number of rotatable bonds is 6. The molecule has 0 saturated heterocycles. The average Bonchev–Trinajstić information content (AvgIpc) is 3.27. The number of anilines is 2. The van der Waals surface area contributed by atoms with Crippen LogP contribution in [0.2, 0.25) is 0 Å². The quantitative estimate of drug-likeness (QED) is 0.632. The minimum Gasteiger partial charge on any atom is -0.493 e. The second kappa shape index (κ2) is 8.97. The van der Waals surface area contributed by atoms with Gasteiger partial charge in [0.05, 0.1) is 25.6 Å². The number of amides is 2. The molecule has 2 heterocycles. The predicted molar refractivity (Wildman–Crippen MR) is 120 cm³/mol. The van der Waals surface area contributed by atoms with E-state index in [0.717, 1.165) is 5.56 Å². The van der Waals surface area contributed by atoms with E-state index in [4.69, 9.17) is 9.47 Å². The van der Waals surface area contributed by atoms with E-state index in [0.29, 0.717) is 28.0 Å². The zero-order valence-corrected chi connectivity index (χ0v) is 17.8. The molecule has 2 amide bonds. The van der Waals surface area contributed by atoms with E-state index in [9.17, 15) is 9.59 Å². The molecule has 9 heteroatoms. The molecule has 0 bridgehead atoms. The van der Waals surface area contributed by atoms with E-state index in [2.05, 4.69) is 15.4 Å². The Bertz CT molecular complexity index is 1140. The molecule has 158 valence electrons. The lowest BCUT2D eigenvalue weighted by Gasteiger charge is -2.22. The SMILES string of the molecule is COc1ccc(-c2csc(NC(=O)C3=NN(c4ccccc4)C(=O)CC3)n2)cc1OC. The third-order valence-electron chi connectivity index (χ3n) is 4.70. The number of para-hydroxylation sites is 1. The standard InChI is InChI=1S/C22H20N4O4S/c1-29-18-10-8-14(12-19(18)30-2)17-13-31-22(23-17)24-21(28)16-9-11-20(27)26(25-16)15-6-4-3-5-7-15/h3-8,10,12-13H,9,11H2,1-2H3,(H,23,24,28). The van der Waals surface area contributed by atoms with Crippen LogP contribution >= 0.6 is 11.3 Å². The Hall–Kier alpha value is -3.72. The van der Waals surface area contributed by atoms with Gasteiger partial charge in [0.2, 0.25) is 5.91 Å². The monoisotopic (exact) mass is 436 g/mol. The van der Waals surface area contributed by atoms with Gasteiger partial charge in [-0.2, -0.15) is 5.10 Å². The van der Waals surface area contributed by atoms with Crippen molar-refractivity contribution in [2.45, 2.75) is 12.8 Å². The van der Waals surface area contributed by atoms with Gasteiger partial charge in [-0.25, -0.2) is 9.99 Å². The molecule has 0 saturated carbocycles. The number of benzene rings is 2. The summed E-state index contributed by atoms with van der Waals surface area (Å²) in [4.78, 5) is 29.5. The van der Waals surface area contributed by atoms with Crippen molar-refractivity contribution >= 4 is 39.7 Å². The summed E-state index contributed by atoms with van der Waals surface area (Å²) >= 11 is 1.31. The molecular weight excluding hydrogens is 416 g/mol. The van der Waals surface area contributed by atoms with E-state index in [-0.39, 0.29) is 30.4 Å². The molecule has 1 aromatic heterocycles. The van der Waals surface area contributed by atoms with Gasteiger partial charge in [-0.3, -0.25) is 14.9 Å². The molecule has 8 nitrogen and oxygen atoms in total. The number of hydrogen-bond donors (Lipinski definition) is 1. The number of thiazole rings is 1. The zero-order chi connectivity index (χ0) is 21.8. The van der Waals surface area contributed by atoms with Gasteiger partial charge in [-0.1, -0.05) is 18.2 Å². The van der Waals surface area contributed by atoms with Crippen LogP contribution in [0.5, 0.6) is 11.5 Å². The van der Waals surface area contributed by atoms with Crippen molar-refractivity contribution in [1.29, 1.82) is 0 Å². The molecule has 0 fully saturated rings. The molecule has 0 aliphatic carbocycles. The first kappa shape index (κ1) is 20.5. The normalized spacial score (nSPS) is 13.5. The lowest BCUT2D eigenvalue weighted by Crippen LogP contribution is -2.36. The van der Waals surface area contributed by atoms with E-state index in [1.807, 2.05) is 35.7 Å². The third kappa shape index (κ3) is 4.41. The van der Waals surface area contributed by atoms with E-state index in [1.165, 1.54) is 16.3 Å². The lowest BCUT2D eigenvalue weighted by atomic mass is 10.1. The molecule has 1 aliphatic heterocycles. The van der Waals surface area contributed by atoms with Crippen LogP contribution in [0.1, 0.15) is 12.8 Å². The fraction of sp³-hybridized carbons (Fsp3) is 0.182. The highest BCUT2D eigenvalue weighted by molar-refractivity contribution is 7.14. The van der Waals surface area contributed by atoms with Crippen molar-refractivity contribution in [2.24, 2.45) is 5.10 Å². The minimum atomic E-state index is -0.373. The molecule has 31 heavy (non-hydrogen) atoms. The van der Waals surface area contributed by atoms with Crippen LogP contribution in [0.25, 0.3) is 11.3 Å². The molecule has 3 aromatic rings. The molecule has 1 aliphatic rings. The second-order valence-corrected chi connectivity index (χ2v) is 7.51. The van der Waals surface area contributed by atoms with Gasteiger partial charge in [0.25, 0.3) is 5.91 Å². The summed E-state index contributed by atoms with van der Waals surface area (Å²) in [5.41, 5.74) is 2.45. The lowest BCUT2D eigenvalue weighted by molar-refractivity contribution is -0.118. The van der Waals surface area contributed by atoms with Crippen molar-refractivity contribution < 1.29 is 19.1 Å². The second-order valence-electron chi connectivity index (χ2n) is 6.65. The Morgan fingerprint density at radius 1 is 1.06 bits per heavy atom. The van der Waals surface area contributed by atoms with Crippen LogP contribution in [0, 0.1) is 0 Å². The van der Waals surface area contributed by atoms with Gasteiger partial charge in [-0.05, 0) is 30.3 Å². The van der Waals surface area contributed by atoms with Gasteiger partial charge in [0.15, 0.2) is 16.6 Å². The Balaban J connectivity index is 1.51. The number of hydrogen-bond acceptors (Lipinski definition) is 7. The van der Waals surface area contributed by atoms with E-state index >= 15 is 0 Å². The van der Waals surface area contributed by atoms with Crippen molar-refractivity contribution in [3.63, 3.8) is 0 Å². The number of aromatic nitrogens is 1. The number of ether oxygens (including phenoxy) is 2. The maximum absolute atomic E-state index is 12.7. The summed E-state index contributed by atoms with van der Waals surface area (Å²) in [6.45, 7) is 0. The summed E-state index contributed by atoms with van der Waals surface area (Å²) in [7, 11) is 3.15. The number of nitrogens with zero attached hydrogens (tertiary/aromatic N) is 3. The first-order valence-corrected chi connectivity index (χ1v) is 10.4. The van der Waals surface area contributed by atoms with Crippen molar-refractivity contribution in [3.8, 4) is 22.8 Å². The molecule has 2 aromatic carbocycles. The molecule has 1 N–H and O–H groups in total. The van der Waals surface area contributed by atoms with Crippen molar-refractivity contribution in [2.75, 3.05) is 24.5 Å². The smallest absolute Gasteiger partial charge is 0.273 e. The highest BCUT2D eigenvalue weighted by Gasteiger charge is 2.26. The maximum atomic E-state index is 12.7. The Morgan fingerprint density at radius 3 is 2.58 bits per heavy atom. The fourth-order valence-corrected chi connectivity index (χ4v) is 3.83. The van der Waals surface area contributed by atoms with Crippen LogP contribution in [0.3, 0.4) is 0 Å². The van der Waals surface area contributed by atoms with Gasteiger partial charge in [-0.15, -0.1) is 11.3 Å². The Labute approximate surface area is 183 Å². The van der Waals surface area contributed by atoms with Crippen LogP contribution < -0.4 is 19.8 Å². The molecule has 0 atom stereocenters. The van der Waals surface area contributed by atoms with E-state index in [1.54, 1.807) is 32.4 Å². The predicted octanol–water partition coefficient (Wildman–Crippen LogP) is 3.95. The molecule has 0 radical (unpaired) electrons. The van der Waals surface area contributed by atoms with Crippen molar-refractivity contribution in [1.82, 2.24) is 4.98 Å². The number of nitrogens with one attached hydrogen (secondary N) is 1. The first-order chi connectivity index (χ1) is 15.1. The first-order valence-electron chi connectivity index (χ1n) is 9.54. The average molecular weight is 436 g/mol. The van der Waals surface area contributed by atoms with Crippen molar-refractivity contribution in [3.05, 3.63) is 53.9 Å². The van der Waals surface area contributed by atoms with Gasteiger partial charge in [0, 0.05) is 23.8 Å². The Kier molecular flexibility index (Phi) is 5.94. The zero-order valence-electron chi connectivity index (χ0n) is 17.0. The van der Waals surface area contributed by atoms with Crippen LogP contribution in [0.4, 0.5) is 10.8 Å². The number of carbonyl (C=O) groups is 2. The molecule has 0 unspecified atom stereocenters. The Morgan fingerprint density at radius 2 is 1.84 bits per heavy atom. The topological polar surface area (TPSA) is 93.1 Å². The maximum Gasteiger partial charge on any atom is 0.273 e. The molecule has 0 spiro atoms. The van der Waals surface area contributed by atoms with Gasteiger partial charge < -0.3 is 9.47 Å². The number of carbonyl (C=O) groups excluding carboxylic acids is 2. The summed E-state index contributed by atoms with van der Waals surface area (Å²) < 4.78 is 10.6. The summed E-state index contributed by atoms with van der Waals surface area (Å²) in [5.74, 6) is 0.707. The summed E-state index contributed by atoms with van der Waals surface area (Å²) in [6.07, 6.45) is 0.498. The molecular formula is C22H20N4O4S. The number of hydrazone groups is 1. The van der Waals surface area contributed by atoms with Crippen LogP contribution in [0.15, 0.2) is 59.0 Å². The van der Waals surface area contributed by atoms with Gasteiger partial charge >= 0.3 is 0 Å². The fourth-order valence-electron chi connectivity index (χ4n) is 3.12. The van der Waals surface area contributed by atoms with Crippen LogP contribution in [-0.2, 0) is 9.59 Å². The van der Waals surface area contributed by atoms with Gasteiger partial charge in [0.1, 0.15) is 5.71 Å². The van der Waals surface area contributed by atoms with E-state index < -0.39 is 0 Å². The highest BCUT2D eigenvalue weighted by atomic mass is 32.1. The largest absolute Gasteiger partial charge is 0.493 e. The highest BCUT2D eigenvalue weighted by Crippen LogP contribution is 2.33.